The normalized spacial score (nSPS) is 10.1. The molecule has 0 saturated heterocycles. The van der Waals surface area contributed by atoms with E-state index in [4.69, 9.17) is 34.2 Å². The van der Waals surface area contributed by atoms with Crippen LogP contribution in [-0.4, -0.2) is 9.78 Å². The van der Waals surface area contributed by atoms with Crippen LogP contribution in [0.1, 0.15) is 5.56 Å². The molecule has 2 rings (SSSR count). The van der Waals surface area contributed by atoms with Crippen molar-refractivity contribution in [2.24, 2.45) is 0 Å². The first kappa shape index (κ1) is 10.8. The van der Waals surface area contributed by atoms with Crippen molar-refractivity contribution in [2.75, 3.05) is 5.73 Å². The van der Waals surface area contributed by atoms with Gasteiger partial charge in [-0.2, -0.15) is 5.26 Å². The van der Waals surface area contributed by atoms with E-state index in [1.54, 1.807) is 24.4 Å². The molecule has 0 aliphatic carbocycles. The predicted octanol–water partition coefficient (Wildman–Crippen LogP) is 2.63. The highest BCUT2D eigenvalue weighted by Gasteiger charge is 2.09. The lowest BCUT2D eigenvalue weighted by Crippen LogP contribution is -1.99. The lowest BCUT2D eigenvalue weighted by molar-refractivity contribution is 0.883. The molecule has 16 heavy (non-hydrogen) atoms. The summed E-state index contributed by atoms with van der Waals surface area (Å²) in [6, 6.07) is 6.95. The van der Waals surface area contributed by atoms with Crippen molar-refractivity contribution < 1.29 is 0 Å². The molecule has 4 nitrogen and oxygen atoms in total. The van der Waals surface area contributed by atoms with Crippen LogP contribution < -0.4 is 5.73 Å². The van der Waals surface area contributed by atoms with E-state index in [1.807, 2.05) is 6.07 Å². The van der Waals surface area contributed by atoms with Gasteiger partial charge in [0.15, 0.2) is 5.82 Å². The number of benzene rings is 1. The zero-order valence-electron chi connectivity index (χ0n) is 7.98. The van der Waals surface area contributed by atoms with Crippen molar-refractivity contribution >= 4 is 29.0 Å². The maximum absolute atomic E-state index is 8.97. The molecule has 0 radical (unpaired) electrons. The molecule has 80 valence electrons. The lowest BCUT2D eigenvalue weighted by atomic mass is 10.2. The highest BCUT2D eigenvalue weighted by molar-refractivity contribution is 6.32. The minimum Gasteiger partial charge on any atom is -0.381 e. The number of hydrogen-bond acceptors (Lipinski definition) is 3. The summed E-state index contributed by atoms with van der Waals surface area (Å²) in [7, 11) is 0. The summed E-state index contributed by atoms with van der Waals surface area (Å²) in [6.45, 7) is 0. The van der Waals surface area contributed by atoms with Crippen LogP contribution in [0.15, 0.2) is 24.4 Å². The Bertz CT molecular complexity index is 563. The topological polar surface area (TPSA) is 67.6 Å². The first-order chi connectivity index (χ1) is 7.61. The third kappa shape index (κ3) is 1.83. The summed E-state index contributed by atoms with van der Waals surface area (Å²) in [4.78, 5) is 0. The summed E-state index contributed by atoms with van der Waals surface area (Å²) in [5.74, 6) is 0.223. The molecule has 6 heteroatoms. The van der Waals surface area contributed by atoms with Gasteiger partial charge in [0.25, 0.3) is 0 Å². The highest BCUT2D eigenvalue weighted by atomic mass is 35.5. The van der Waals surface area contributed by atoms with Crippen LogP contribution in [0, 0.1) is 11.3 Å². The van der Waals surface area contributed by atoms with E-state index in [-0.39, 0.29) is 5.82 Å². The molecule has 0 amide bonds. The number of nitrogen functional groups attached to an aromatic ring is 1. The van der Waals surface area contributed by atoms with Crippen molar-refractivity contribution in [1.29, 1.82) is 5.26 Å². The van der Waals surface area contributed by atoms with Gasteiger partial charge in [-0.05, 0) is 18.2 Å². The van der Waals surface area contributed by atoms with E-state index in [0.717, 1.165) is 0 Å². The Balaban J connectivity index is 2.60. The molecule has 0 saturated carbocycles. The maximum atomic E-state index is 8.97. The van der Waals surface area contributed by atoms with E-state index in [9.17, 15) is 0 Å². The van der Waals surface area contributed by atoms with Gasteiger partial charge < -0.3 is 5.73 Å². The molecule has 1 heterocycles. The fraction of sp³-hybridized carbons (Fsp3) is 0. The van der Waals surface area contributed by atoms with Crippen molar-refractivity contribution in [3.8, 4) is 11.8 Å². The summed E-state index contributed by atoms with van der Waals surface area (Å²) < 4.78 is 1.45. The fourth-order valence-electron chi connectivity index (χ4n) is 1.29. The Morgan fingerprint density at radius 1 is 1.38 bits per heavy atom. The van der Waals surface area contributed by atoms with Crippen LogP contribution in [-0.2, 0) is 0 Å². The van der Waals surface area contributed by atoms with Gasteiger partial charge in [0.1, 0.15) is 11.1 Å². The van der Waals surface area contributed by atoms with Crippen LogP contribution >= 0.6 is 23.2 Å². The first-order valence-corrected chi connectivity index (χ1v) is 5.08. The number of rotatable bonds is 1. The zero-order valence-corrected chi connectivity index (χ0v) is 9.50. The Labute approximate surface area is 102 Å². The van der Waals surface area contributed by atoms with Gasteiger partial charge in [0.2, 0.25) is 0 Å². The second-order valence-corrected chi connectivity index (χ2v) is 3.92. The molecule has 1 aromatic heterocycles. The van der Waals surface area contributed by atoms with Crippen molar-refractivity contribution in [2.45, 2.75) is 0 Å². The Morgan fingerprint density at radius 3 is 2.69 bits per heavy atom. The summed E-state index contributed by atoms with van der Waals surface area (Å²) in [5.41, 5.74) is 6.52. The molecule has 0 aliphatic heterocycles. The number of aromatic nitrogens is 2. The molecule has 2 N–H and O–H groups in total. The van der Waals surface area contributed by atoms with Gasteiger partial charge in [-0.25, -0.2) is 4.68 Å². The maximum Gasteiger partial charge on any atom is 0.164 e. The summed E-state index contributed by atoms with van der Waals surface area (Å²) in [5, 5.41) is 13.8. The SMILES string of the molecule is N#Cc1cc(Cl)ccc1-n1cc(Cl)c(N)n1. The van der Waals surface area contributed by atoms with Crippen LogP contribution in [0.25, 0.3) is 5.69 Å². The number of nitriles is 1. The predicted molar refractivity (Wildman–Crippen MR) is 62.7 cm³/mol. The minimum atomic E-state index is 0.223. The van der Waals surface area contributed by atoms with Gasteiger partial charge in [0.05, 0.1) is 17.4 Å². The van der Waals surface area contributed by atoms with E-state index in [0.29, 0.717) is 21.3 Å². The fourth-order valence-corrected chi connectivity index (χ4v) is 1.59. The molecule has 0 atom stereocenters. The zero-order chi connectivity index (χ0) is 11.7. The molecule has 0 fully saturated rings. The minimum absolute atomic E-state index is 0.223. The highest BCUT2D eigenvalue weighted by Crippen LogP contribution is 2.22. The number of halogens is 2. The average molecular weight is 253 g/mol. The molecule has 1 aromatic carbocycles. The summed E-state index contributed by atoms with van der Waals surface area (Å²) >= 11 is 11.6. The molecular weight excluding hydrogens is 247 g/mol. The standard InChI is InChI=1S/C10H6Cl2N4/c11-7-1-2-9(6(3-7)4-13)16-5-8(12)10(14)15-16/h1-3,5H,(H2,14,15). The van der Waals surface area contributed by atoms with Gasteiger partial charge in [-0.1, -0.05) is 23.2 Å². The van der Waals surface area contributed by atoms with E-state index >= 15 is 0 Å². The van der Waals surface area contributed by atoms with Crippen LogP contribution in [0.2, 0.25) is 10.0 Å². The van der Waals surface area contributed by atoms with E-state index < -0.39 is 0 Å². The second kappa shape index (κ2) is 4.05. The molecular formula is C10H6Cl2N4. The van der Waals surface area contributed by atoms with Crippen molar-refractivity contribution in [3.63, 3.8) is 0 Å². The van der Waals surface area contributed by atoms with Crippen LogP contribution in [0.3, 0.4) is 0 Å². The molecule has 0 aliphatic rings. The Hall–Kier alpha value is -1.70. The number of nitrogens with two attached hydrogens (primary N) is 1. The summed E-state index contributed by atoms with van der Waals surface area (Å²) in [6.07, 6.45) is 1.54. The monoisotopic (exact) mass is 252 g/mol. The van der Waals surface area contributed by atoms with E-state index in [1.165, 1.54) is 4.68 Å². The van der Waals surface area contributed by atoms with Crippen LogP contribution in [0.5, 0.6) is 0 Å². The average Bonchev–Trinajstić information content (AvgIpc) is 2.59. The molecule has 2 aromatic rings. The number of anilines is 1. The molecule has 0 unspecified atom stereocenters. The van der Waals surface area contributed by atoms with Crippen molar-refractivity contribution in [1.82, 2.24) is 9.78 Å². The quantitative estimate of drug-likeness (QED) is 0.849. The van der Waals surface area contributed by atoms with Crippen LogP contribution in [0.4, 0.5) is 5.82 Å². The van der Waals surface area contributed by atoms with Gasteiger partial charge in [-0.15, -0.1) is 5.10 Å². The lowest BCUT2D eigenvalue weighted by Gasteiger charge is -2.03. The van der Waals surface area contributed by atoms with Gasteiger partial charge >= 0.3 is 0 Å². The first-order valence-electron chi connectivity index (χ1n) is 4.32. The Kier molecular flexibility index (Phi) is 2.73. The van der Waals surface area contributed by atoms with Crippen molar-refractivity contribution in [3.05, 3.63) is 40.0 Å². The third-order valence-corrected chi connectivity index (χ3v) is 2.55. The number of hydrogen-bond donors (Lipinski definition) is 1. The third-order valence-electron chi connectivity index (χ3n) is 2.02. The van der Waals surface area contributed by atoms with E-state index in [2.05, 4.69) is 5.10 Å². The molecule has 0 spiro atoms. The van der Waals surface area contributed by atoms with Gasteiger partial charge in [0, 0.05) is 5.02 Å². The Morgan fingerprint density at radius 2 is 2.12 bits per heavy atom. The second-order valence-electron chi connectivity index (χ2n) is 3.08. The smallest absolute Gasteiger partial charge is 0.164 e. The number of nitrogens with zero attached hydrogens (tertiary/aromatic N) is 3. The molecule has 0 bridgehead atoms. The largest absolute Gasteiger partial charge is 0.381 e. The van der Waals surface area contributed by atoms with Gasteiger partial charge in [-0.3, -0.25) is 0 Å².